The molecule has 0 aliphatic carbocycles. The number of rotatable bonds is 5. The second-order valence-corrected chi connectivity index (χ2v) is 5.37. The van der Waals surface area contributed by atoms with Crippen molar-refractivity contribution >= 4 is 22.9 Å². The van der Waals surface area contributed by atoms with Gasteiger partial charge in [0, 0.05) is 13.7 Å². The standard InChI is InChI=1S/C15H18N6O2/c1-16-15-19-13(17-8-10-4-2-6-22-10)12-14(20-15)21(9-18-12)11-5-3-7-23-11/h2,4,6,9,11H,3,5,7-8H2,1H3,(H2,16,17,19,20). The number of furan rings is 1. The SMILES string of the molecule is CNc1nc(NCc2ccco2)c2ncn(C3CCCO3)c2n1. The first-order chi connectivity index (χ1) is 11.3. The number of nitrogens with one attached hydrogen (secondary N) is 2. The highest BCUT2D eigenvalue weighted by molar-refractivity contribution is 5.84. The maximum absolute atomic E-state index is 5.74. The zero-order chi connectivity index (χ0) is 15.6. The molecule has 0 saturated carbocycles. The Bertz CT molecular complexity index is 792. The van der Waals surface area contributed by atoms with Gasteiger partial charge in [0.1, 0.15) is 12.0 Å². The van der Waals surface area contributed by atoms with Gasteiger partial charge in [0.15, 0.2) is 17.0 Å². The van der Waals surface area contributed by atoms with Gasteiger partial charge >= 0.3 is 0 Å². The van der Waals surface area contributed by atoms with Crippen LogP contribution in [0.2, 0.25) is 0 Å². The molecule has 4 heterocycles. The summed E-state index contributed by atoms with van der Waals surface area (Å²) < 4.78 is 13.1. The topological polar surface area (TPSA) is 90.0 Å². The number of imidazole rings is 1. The molecule has 23 heavy (non-hydrogen) atoms. The summed E-state index contributed by atoms with van der Waals surface area (Å²) in [6, 6.07) is 3.77. The summed E-state index contributed by atoms with van der Waals surface area (Å²) in [5, 5.41) is 6.26. The first-order valence-electron chi connectivity index (χ1n) is 7.65. The van der Waals surface area contributed by atoms with Crippen molar-refractivity contribution in [3.8, 4) is 0 Å². The van der Waals surface area contributed by atoms with E-state index < -0.39 is 0 Å². The number of nitrogens with zero attached hydrogens (tertiary/aromatic N) is 4. The number of hydrogen-bond acceptors (Lipinski definition) is 7. The Kier molecular flexibility index (Phi) is 3.58. The minimum atomic E-state index is -0.00229. The van der Waals surface area contributed by atoms with E-state index in [4.69, 9.17) is 9.15 Å². The van der Waals surface area contributed by atoms with Crippen LogP contribution in [0.5, 0.6) is 0 Å². The number of fused-ring (bicyclic) bond motifs is 1. The Hall–Kier alpha value is -2.61. The lowest BCUT2D eigenvalue weighted by atomic mass is 10.3. The molecule has 1 fully saturated rings. The summed E-state index contributed by atoms with van der Waals surface area (Å²) in [6.07, 6.45) is 5.44. The molecule has 0 radical (unpaired) electrons. The molecule has 1 aliphatic rings. The van der Waals surface area contributed by atoms with Crippen molar-refractivity contribution in [2.75, 3.05) is 24.3 Å². The first kappa shape index (κ1) is 14.0. The van der Waals surface area contributed by atoms with Crippen LogP contribution in [0, 0.1) is 0 Å². The van der Waals surface area contributed by atoms with Crippen LogP contribution in [0.25, 0.3) is 11.2 Å². The van der Waals surface area contributed by atoms with Crippen LogP contribution >= 0.6 is 0 Å². The maximum Gasteiger partial charge on any atom is 0.226 e. The third-order valence-corrected chi connectivity index (χ3v) is 3.87. The highest BCUT2D eigenvalue weighted by Gasteiger charge is 2.22. The lowest BCUT2D eigenvalue weighted by molar-refractivity contribution is 0.0593. The molecular weight excluding hydrogens is 296 g/mol. The molecule has 2 N–H and O–H groups in total. The third kappa shape index (κ3) is 2.61. The van der Waals surface area contributed by atoms with Gasteiger partial charge in [-0.3, -0.25) is 4.57 Å². The molecule has 0 aromatic carbocycles. The van der Waals surface area contributed by atoms with Gasteiger partial charge in [0.2, 0.25) is 5.95 Å². The largest absolute Gasteiger partial charge is 0.467 e. The van der Waals surface area contributed by atoms with Crippen molar-refractivity contribution in [1.82, 2.24) is 19.5 Å². The van der Waals surface area contributed by atoms with E-state index in [1.165, 1.54) is 0 Å². The van der Waals surface area contributed by atoms with Gasteiger partial charge in [-0.25, -0.2) is 4.98 Å². The van der Waals surface area contributed by atoms with Crippen LogP contribution in [0.1, 0.15) is 24.8 Å². The van der Waals surface area contributed by atoms with Gasteiger partial charge in [-0.15, -0.1) is 0 Å². The van der Waals surface area contributed by atoms with E-state index in [-0.39, 0.29) is 6.23 Å². The van der Waals surface area contributed by atoms with Crippen LogP contribution in [0.15, 0.2) is 29.1 Å². The van der Waals surface area contributed by atoms with Crippen molar-refractivity contribution in [1.29, 1.82) is 0 Å². The fourth-order valence-electron chi connectivity index (χ4n) is 2.73. The lowest BCUT2D eigenvalue weighted by Gasteiger charge is -2.12. The average Bonchev–Trinajstić information content (AvgIpc) is 3.31. The monoisotopic (exact) mass is 314 g/mol. The van der Waals surface area contributed by atoms with E-state index >= 15 is 0 Å². The van der Waals surface area contributed by atoms with Crippen molar-refractivity contribution in [2.45, 2.75) is 25.6 Å². The number of aromatic nitrogens is 4. The molecule has 0 amide bonds. The zero-order valence-corrected chi connectivity index (χ0v) is 12.8. The maximum atomic E-state index is 5.74. The minimum Gasteiger partial charge on any atom is -0.467 e. The zero-order valence-electron chi connectivity index (χ0n) is 12.8. The van der Waals surface area contributed by atoms with E-state index in [9.17, 15) is 0 Å². The Morgan fingerprint density at radius 2 is 2.35 bits per heavy atom. The molecule has 1 saturated heterocycles. The fourth-order valence-corrected chi connectivity index (χ4v) is 2.73. The van der Waals surface area contributed by atoms with Gasteiger partial charge in [0.05, 0.1) is 19.1 Å². The van der Waals surface area contributed by atoms with Crippen LogP contribution in [-0.2, 0) is 11.3 Å². The molecule has 1 atom stereocenters. The Labute approximate surface area is 132 Å². The molecule has 4 rings (SSSR count). The van der Waals surface area contributed by atoms with Gasteiger partial charge in [0.25, 0.3) is 0 Å². The Morgan fingerprint density at radius 3 is 3.09 bits per heavy atom. The predicted octanol–water partition coefficient (Wildman–Crippen LogP) is 2.38. The molecule has 8 heteroatoms. The lowest BCUT2D eigenvalue weighted by Crippen LogP contribution is -2.09. The number of anilines is 2. The predicted molar refractivity (Wildman–Crippen MR) is 85.1 cm³/mol. The summed E-state index contributed by atoms with van der Waals surface area (Å²) in [4.78, 5) is 13.5. The summed E-state index contributed by atoms with van der Waals surface area (Å²) in [7, 11) is 1.80. The summed E-state index contributed by atoms with van der Waals surface area (Å²) in [6.45, 7) is 1.31. The second kappa shape index (κ2) is 5.88. The van der Waals surface area contributed by atoms with Gasteiger partial charge in [-0.2, -0.15) is 9.97 Å². The van der Waals surface area contributed by atoms with Gasteiger partial charge in [-0.1, -0.05) is 0 Å². The summed E-state index contributed by atoms with van der Waals surface area (Å²) in [5.41, 5.74) is 1.49. The van der Waals surface area contributed by atoms with Crippen LogP contribution in [0.4, 0.5) is 11.8 Å². The number of ether oxygens (including phenoxy) is 1. The van der Waals surface area contributed by atoms with E-state index in [1.54, 1.807) is 19.6 Å². The highest BCUT2D eigenvalue weighted by atomic mass is 16.5. The average molecular weight is 314 g/mol. The van der Waals surface area contributed by atoms with Crippen molar-refractivity contribution in [3.05, 3.63) is 30.5 Å². The fraction of sp³-hybridized carbons (Fsp3) is 0.400. The van der Waals surface area contributed by atoms with Gasteiger partial charge in [-0.05, 0) is 25.0 Å². The van der Waals surface area contributed by atoms with Crippen LogP contribution < -0.4 is 10.6 Å². The second-order valence-electron chi connectivity index (χ2n) is 5.37. The minimum absolute atomic E-state index is 0.00229. The van der Waals surface area contributed by atoms with Gasteiger partial charge < -0.3 is 19.8 Å². The highest BCUT2D eigenvalue weighted by Crippen LogP contribution is 2.29. The Balaban J connectivity index is 1.70. The molecule has 0 spiro atoms. The van der Waals surface area contributed by atoms with E-state index in [2.05, 4.69) is 25.6 Å². The smallest absolute Gasteiger partial charge is 0.226 e. The van der Waals surface area contributed by atoms with E-state index in [1.807, 2.05) is 16.7 Å². The van der Waals surface area contributed by atoms with Crippen LogP contribution in [-0.4, -0.2) is 33.2 Å². The van der Waals surface area contributed by atoms with Crippen molar-refractivity contribution < 1.29 is 9.15 Å². The molecule has 120 valence electrons. The van der Waals surface area contributed by atoms with E-state index in [0.717, 1.165) is 36.4 Å². The normalized spacial score (nSPS) is 17.7. The molecule has 1 aliphatic heterocycles. The van der Waals surface area contributed by atoms with Crippen molar-refractivity contribution in [3.63, 3.8) is 0 Å². The molecular formula is C15H18N6O2. The van der Waals surface area contributed by atoms with Crippen LogP contribution in [0.3, 0.4) is 0 Å². The molecule has 3 aromatic rings. The quantitative estimate of drug-likeness (QED) is 0.747. The molecule has 0 bridgehead atoms. The molecule has 1 unspecified atom stereocenters. The van der Waals surface area contributed by atoms with E-state index in [0.29, 0.717) is 18.3 Å². The Morgan fingerprint density at radius 1 is 1.39 bits per heavy atom. The number of hydrogen-bond donors (Lipinski definition) is 2. The first-order valence-corrected chi connectivity index (χ1v) is 7.65. The van der Waals surface area contributed by atoms with Crippen molar-refractivity contribution in [2.24, 2.45) is 0 Å². The molecule has 3 aromatic heterocycles. The summed E-state index contributed by atoms with van der Waals surface area (Å²) in [5.74, 6) is 2.05. The third-order valence-electron chi connectivity index (χ3n) is 3.87. The molecule has 8 nitrogen and oxygen atoms in total. The summed E-state index contributed by atoms with van der Waals surface area (Å²) >= 11 is 0.